The van der Waals surface area contributed by atoms with Crippen molar-refractivity contribution in [2.75, 3.05) is 6.54 Å². The van der Waals surface area contributed by atoms with Gasteiger partial charge in [0, 0.05) is 29.4 Å². The highest BCUT2D eigenvalue weighted by Gasteiger charge is 2.63. The zero-order valence-electron chi connectivity index (χ0n) is 36.5. The number of fused-ring (bicyclic) bond motifs is 5. The summed E-state index contributed by atoms with van der Waals surface area (Å²) in [6.45, 7) is 5.71. The van der Waals surface area contributed by atoms with Gasteiger partial charge in [0.2, 0.25) is 21.8 Å². The van der Waals surface area contributed by atoms with E-state index in [2.05, 4.69) is 29.2 Å². The number of hydrogen-bond donors (Lipinski definition) is 3. The Morgan fingerprint density at radius 3 is 2.47 bits per heavy atom. The molecule has 16 heteroatoms. The van der Waals surface area contributed by atoms with Crippen LogP contribution in [0.15, 0.2) is 65.1 Å². The Kier molecular flexibility index (Phi) is 11.7. The topological polar surface area (TPSA) is 186 Å². The van der Waals surface area contributed by atoms with E-state index in [-0.39, 0.29) is 36.8 Å². The van der Waals surface area contributed by atoms with Crippen LogP contribution in [0.3, 0.4) is 0 Å². The molecule has 0 spiro atoms. The zero-order chi connectivity index (χ0) is 45.0. The van der Waals surface area contributed by atoms with Crippen molar-refractivity contribution in [3.63, 3.8) is 0 Å². The van der Waals surface area contributed by atoms with Gasteiger partial charge in [0.1, 0.15) is 46.7 Å². The maximum absolute atomic E-state index is 14.9. The molecule has 5 atom stereocenters. The lowest BCUT2D eigenvalue weighted by atomic mass is 10.0. The van der Waals surface area contributed by atoms with Crippen molar-refractivity contribution in [2.45, 2.75) is 145 Å². The summed E-state index contributed by atoms with van der Waals surface area (Å²) in [6, 6.07) is 11.7. The lowest BCUT2D eigenvalue weighted by Crippen LogP contribution is -2.58. The molecule has 4 aromatic rings. The van der Waals surface area contributed by atoms with Gasteiger partial charge < -0.3 is 29.4 Å². The summed E-state index contributed by atoms with van der Waals surface area (Å²) in [7, 11) is -4.03. The smallest absolute Gasteiger partial charge is 0.408 e. The van der Waals surface area contributed by atoms with E-state index in [0.717, 1.165) is 49.7 Å². The number of furan rings is 1. The minimum atomic E-state index is -4.03. The number of hydrogen-bond acceptors (Lipinski definition) is 10. The van der Waals surface area contributed by atoms with Gasteiger partial charge in [-0.15, -0.1) is 0 Å². The third-order valence-corrected chi connectivity index (χ3v) is 16.0. The predicted molar refractivity (Wildman–Crippen MR) is 237 cm³/mol. The molecule has 2 aromatic carbocycles. The highest BCUT2D eigenvalue weighted by atomic mass is 32.2. The third kappa shape index (κ3) is 8.69. The Hall–Kier alpha value is -5.51. The fourth-order valence-electron chi connectivity index (χ4n) is 9.41. The third-order valence-electron chi connectivity index (χ3n) is 13.9. The molecule has 1 saturated heterocycles. The molecule has 3 saturated carbocycles. The first-order valence-electron chi connectivity index (χ1n) is 22.8. The molecular formula is C48H56FN5O9S. The van der Waals surface area contributed by atoms with Gasteiger partial charge in [0.25, 0.3) is 5.91 Å². The van der Waals surface area contributed by atoms with Crippen LogP contribution >= 0.6 is 0 Å². The summed E-state index contributed by atoms with van der Waals surface area (Å²) >= 11 is 0. The van der Waals surface area contributed by atoms with E-state index in [0.29, 0.717) is 60.2 Å². The number of sulfonamides is 1. The molecule has 4 amide bonds. The summed E-state index contributed by atoms with van der Waals surface area (Å²) in [6.07, 6.45) is 9.54. The number of benzene rings is 2. The fraction of sp³-hybridized carbons (Fsp3) is 0.521. The first-order valence-corrected chi connectivity index (χ1v) is 24.2. The van der Waals surface area contributed by atoms with E-state index in [1.165, 1.54) is 23.1 Å². The second-order valence-electron chi connectivity index (χ2n) is 18.9. The predicted octanol–water partition coefficient (Wildman–Crippen LogP) is 7.69. The van der Waals surface area contributed by atoms with E-state index in [1.807, 2.05) is 36.4 Å². The van der Waals surface area contributed by atoms with E-state index >= 15 is 0 Å². The minimum Gasteiger partial charge on any atom is -0.484 e. The van der Waals surface area contributed by atoms with Crippen molar-refractivity contribution in [3.05, 3.63) is 72.1 Å². The second-order valence-corrected chi connectivity index (χ2v) is 21.1. The van der Waals surface area contributed by atoms with Crippen LogP contribution in [0.4, 0.5) is 9.18 Å². The summed E-state index contributed by atoms with van der Waals surface area (Å²) in [5.41, 5.74) is 1.91. The van der Waals surface area contributed by atoms with Crippen LogP contribution in [-0.4, -0.2) is 83.2 Å². The number of aromatic nitrogens is 1. The van der Waals surface area contributed by atoms with Crippen LogP contribution in [-0.2, 0) is 29.1 Å². The average Bonchev–Trinajstić information content (AvgIpc) is 3.93. The normalized spacial score (nSPS) is 26.2. The average molecular weight is 898 g/mol. The molecule has 64 heavy (non-hydrogen) atoms. The van der Waals surface area contributed by atoms with Crippen molar-refractivity contribution in [2.24, 2.45) is 5.92 Å². The fourth-order valence-corrected chi connectivity index (χ4v) is 10.7. The SMILES string of the molecule is CC(C)c1ccc(-c2cc(O[C@@H]3C[C@H]4C(=O)N[C@]5(C(=O)NS(=O)(=O)C6(C)CC6)C[C@H]5C=CCCCCC[C@H](NC(=O)OC5CCCC5)C(=O)N4C3)c3oc4ccc(F)cc4c3n2)cc1. The number of alkyl carbamates (subject to hydrolysis) is 1. The Labute approximate surface area is 372 Å². The number of amides is 4. The highest BCUT2D eigenvalue weighted by molar-refractivity contribution is 7.91. The number of ether oxygens (including phenoxy) is 2. The Morgan fingerprint density at radius 2 is 1.73 bits per heavy atom. The molecule has 5 aliphatic rings. The number of carbonyl (C=O) groups excluding carboxylic acids is 4. The zero-order valence-corrected chi connectivity index (χ0v) is 37.3. The van der Waals surface area contributed by atoms with Gasteiger partial charge in [-0.3, -0.25) is 19.1 Å². The quantitative estimate of drug-likeness (QED) is 0.141. The van der Waals surface area contributed by atoms with Gasteiger partial charge in [-0.05, 0) is 101 Å². The Bertz CT molecular complexity index is 2620. The highest BCUT2D eigenvalue weighted by Crippen LogP contribution is 2.48. The van der Waals surface area contributed by atoms with Crippen molar-refractivity contribution >= 4 is 55.9 Å². The standard InChI is InChI=1S/C48H56FN5O9S/c1-28(2)29-15-17-30(18-16-29)37-25-40(42-41(50-37)35-23-32(49)19-20-39(35)63-42)61-34-24-38-43(55)52-48(45(57)53-64(59,60)47(3)21-22-47)26-31(48)11-7-5-4-6-8-14-36(44(56)54(38)27-34)51-46(58)62-33-12-9-10-13-33/h7,11,15-20,23,25,28,31,33-34,36,38H,4-6,8-10,12-14,21-22,24,26-27H2,1-3H3,(H,51,58)(H,52,55)(H,53,57)/t31-,34-,36+,38+,48-/m1/s1. The lowest BCUT2D eigenvalue weighted by Gasteiger charge is -2.30. The first kappa shape index (κ1) is 43.7. The molecule has 4 fully saturated rings. The van der Waals surface area contributed by atoms with Crippen LogP contribution in [0.5, 0.6) is 5.75 Å². The van der Waals surface area contributed by atoms with Crippen LogP contribution in [0.2, 0.25) is 0 Å². The number of allylic oxidation sites excluding steroid dienone is 1. The maximum atomic E-state index is 14.9. The molecule has 14 nitrogen and oxygen atoms in total. The van der Waals surface area contributed by atoms with E-state index in [4.69, 9.17) is 18.9 Å². The van der Waals surface area contributed by atoms with Crippen LogP contribution in [0.1, 0.15) is 116 Å². The number of nitrogens with one attached hydrogen (secondary N) is 3. The van der Waals surface area contributed by atoms with Crippen molar-refractivity contribution < 1.29 is 45.9 Å². The molecule has 3 aliphatic carbocycles. The van der Waals surface area contributed by atoms with Crippen molar-refractivity contribution in [1.82, 2.24) is 25.2 Å². The molecular weight excluding hydrogens is 842 g/mol. The molecule has 0 bridgehead atoms. The molecule has 0 unspecified atom stereocenters. The second kappa shape index (κ2) is 17.1. The minimum absolute atomic E-state index is 0.0253. The van der Waals surface area contributed by atoms with Crippen molar-refractivity contribution in [1.29, 1.82) is 0 Å². The monoisotopic (exact) mass is 897 g/mol. The van der Waals surface area contributed by atoms with Gasteiger partial charge in [-0.25, -0.2) is 22.6 Å². The summed E-state index contributed by atoms with van der Waals surface area (Å²) in [5, 5.41) is 6.19. The first-order chi connectivity index (χ1) is 30.6. The van der Waals surface area contributed by atoms with Crippen LogP contribution in [0.25, 0.3) is 33.3 Å². The van der Waals surface area contributed by atoms with Gasteiger partial charge >= 0.3 is 6.09 Å². The van der Waals surface area contributed by atoms with Gasteiger partial charge in [-0.2, -0.15) is 0 Å². The number of rotatable bonds is 9. The maximum Gasteiger partial charge on any atom is 0.408 e. The van der Waals surface area contributed by atoms with E-state index in [1.54, 1.807) is 13.0 Å². The summed E-state index contributed by atoms with van der Waals surface area (Å²) in [4.78, 5) is 63.3. The lowest BCUT2D eigenvalue weighted by molar-refractivity contribution is -0.141. The molecule has 9 rings (SSSR count). The van der Waals surface area contributed by atoms with Gasteiger partial charge in [0.05, 0.1) is 17.0 Å². The van der Waals surface area contributed by atoms with Gasteiger partial charge in [0.15, 0.2) is 11.3 Å². The molecule has 2 aliphatic heterocycles. The van der Waals surface area contributed by atoms with Crippen molar-refractivity contribution in [3.8, 4) is 17.0 Å². The number of pyridine rings is 1. The van der Waals surface area contributed by atoms with E-state index < -0.39 is 74.0 Å². The van der Waals surface area contributed by atoms with E-state index in [9.17, 15) is 32.0 Å². The van der Waals surface area contributed by atoms with Crippen LogP contribution < -0.4 is 20.1 Å². The summed E-state index contributed by atoms with van der Waals surface area (Å²) in [5.74, 6) is -2.36. The Morgan fingerprint density at radius 1 is 0.984 bits per heavy atom. The molecule has 2 aromatic heterocycles. The Balaban J connectivity index is 1.06. The number of halogens is 1. The van der Waals surface area contributed by atoms with Crippen LogP contribution in [0, 0.1) is 11.7 Å². The summed E-state index contributed by atoms with van der Waals surface area (Å²) < 4.78 is 61.2. The molecule has 3 N–H and O–H groups in total. The number of carbonyl (C=O) groups is 4. The number of nitrogens with zero attached hydrogens (tertiary/aromatic N) is 2. The molecule has 340 valence electrons. The molecule has 4 heterocycles. The largest absolute Gasteiger partial charge is 0.484 e. The molecule has 0 radical (unpaired) electrons. The van der Waals surface area contributed by atoms with Gasteiger partial charge in [-0.1, -0.05) is 63.1 Å².